The average molecular weight is 444 g/mol. The zero-order chi connectivity index (χ0) is 23.4. The first kappa shape index (κ1) is 22.6. The number of aliphatic carboxylic acids is 1. The Morgan fingerprint density at radius 2 is 1.58 bits per heavy atom. The van der Waals surface area contributed by atoms with E-state index in [4.69, 9.17) is 0 Å². The molecule has 4 aromatic rings. The summed E-state index contributed by atoms with van der Waals surface area (Å²) in [6.07, 6.45) is 0.0847. The van der Waals surface area contributed by atoms with Gasteiger partial charge < -0.3 is 15.0 Å². The van der Waals surface area contributed by atoms with Gasteiger partial charge in [0.1, 0.15) is 0 Å². The van der Waals surface area contributed by atoms with E-state index in [1.165, 1.54) is 28.7 Å². The summed E-state index contributed by atoms with van der Waals surface area (Å²) in [6.45, 7) is 6.28. The zero-order valence-corrected chi connectivity index (χ0v) is 19.0. The van der Waals surface area contributed by atoms with Crippen LogP contribution in [0.25, 0.3) is 21.8 Å². The van der Waals surface area contributed by atoms with E-state index in [2.05, 4.69) is 64.2 Å². The summed E-state index contributed by atoms with van der Waals surface area (Å²) in [5.41, 5.74) is 5.42. The lowest BCUT2D eigenvalue weighted by Gasteiger charge is -2.22. The van der Waals surface area contributed by atoms with Crippen LogP contribution in [-0.2, 0) is 29.2 Å². The van der Waals surface area contributed by atoms with Gasteiger partial charge in [-0.15, -0.1) is 0 Å². The molecule has 33 heavy (non-hydrogen) atoms. The number of hydrogen-bond acceptors (Lipinski definition) is 3. The first-order valence-corrected chi connectivity index (χ1v) is 11.2. The zero-order valence-electron chi connectivity index (χ0n) is 19.0. The van der Waals surface area contributed by atoms with Crippen molar-refractivity contribution in [2.75, 3.05) is 11.9 Å². The lowest BCUT2D eigenvalue weighted by Crippen LogP contribution is -2.25. The second-order valence-corrected chi connectivity index (χ2v) is 8.35. The molecule has 0 fully saturated rings. The molecule has 0 atom stereocenters. The minimum absolute atomic E-state index is 0.0847. The highest BCUT2D eigenvalue weighted by Gasteiger charge is 2.13. The molecular weight excluding hydrogens is 414 g/mol. The number of carboxylic acids is 1. The Bertz CT molecular complexity index is 1290. The van der Waals surface area contributed by atoms with Gasteiger partial charge in [0.2, 0.25) is 5.91 Å². The third-order valence-electron chi connectivity index (χ3n) is 5.88. The Morgan fingerprint density at radius 1 is 0.909 bits per heavy atom. The van der Waals surface area contributed by atoms with Gasteiger partial charge in [-0.05, 0) is 48.4 Å². The van der Waals surface area contributed by atoms with Crippen LogP contribution in [0.3, 0.4) is 0 Å². The van der Waals surface area contributed by atoms with Gasteiger partial charge in [0.25, 0.3) is 0 Å². The molecule has 3 aromatic carbocycles. The number of hydrogen-bond donors (Lipinski definition) is 2. The summed E-state index contributed by atoms with van der Waals surface area (Å²) < 4.78 is 2.33. The first-order valence-electron chi connectivity index (χ1n) is 11.2. The summed E-state index contributed by atoms with van der Waals surface area (Å²) >= 11 is 0. The third-order valence-corrected chi connectivity index (χ3v) is 5.88. The maximum Gasteiger partial charge on any atom is 0.304 e. The molecule has 0 aliphatic carbocycles. The summed E-state index contributed by atoms with van der Waals surface area (Å²) in [5.74, 6) is -0.909. The van der Waals surface area contributed by atoms with E-state index in [0.717, 1.165) is 23.4 Å². The number of carbonyl (C=O) groups excluding carboxylic acids is 1. The smallest absolute Gasteiger partial charge is 0.304 e. The molecule has 1 aromatic heterocycles. The van der Waals surface area contributed by atoms with Gasteiger partial charge in [-0.1, -0.05) is 36.4 Å². The number of aromatic nitrogens is 1. The number of benzene rings is 3. The number of nitrogens with one attached hydrogen (secondary N) is 1. The number of carboxylic acid groups (broad SMARTS) is 1. The number of anilines is 1. The van der Waals surface area contributed by atoms with E-state index in [1.54, 1.807) is 0 Å². The lowest BCUT2D eigenvalue weighted by molar-refractivity contribution is -0.137. The van der Waals surface area contributed by atoms with Gasteiger partial charge >= 0.3 is 5.97 Å². The van der Waals surface area contributed by atoms with Crippen molar-refractivity contribution in [1.29, 1.82) is 0 Å². The molecule has 0 radical (unpaired) electrons. The predicted octanol–water partition coefficient (Wildman–Crippen LogP) is 5.25. The van der Waals surface area contributed by atoms with E-state index >= 15 is 0 Å². The second-order valence-electron chi connectivity index (χ2n) is 8.35. The SMILES string of the molecule is CCn1c2ccccc2c2cc(CN(CCC(=O)O)Cc3ccc(NC(C)=O)cc3)ccc21. The van der Waals surface area contributed by atoms with Crippen molar-refractivity contribution in [2.24, 2.45) is 0 Å². The van der Waals surface area contributed by atoms with Gasteiger partial charge in [0.05, 0.1) is 6.42 Å². The van der Waals surface area contributed by atoms with Crippen LogP contribution in [0.15, 0.2) is 66.7 Å². The summed E-state index contributed by atoms with van der Waals surface area (Å²) in [5, 5.41) is 14.5. The first-order chi connectivity index (χ1) is 15.9. The maximum atomic E-state index is 11.2. The van der Waals surface area contributed by atoms with E-state index < -0.39 is 5.97 Å². The van der Waals surface area contributed by atoms with Crippen molar-refractivity contribution in [3.05, 3.63) is 77.9 Å². The highest BCUT2D eigenvalue weighted by molar-refractivity contribution is 6.08. The molecule has 0 saturated carbocycles. The molecule has 4 rings (SSSR count). The monoisotopic (exact) mass is 443 g/mol. The van der Waals surface area contributed by atoms with Gasteiger partial charge in [0.15, 0.2) is 0 Å². The standard InChI is InChI=1S/C27H29N3O3/c1-3-30-25-7-5-4-6-23(25)24-16-21(10-13-26(24)30)18-29(15-14-27(32)33)17-20-8-11-22(12-9-20)28-19(2)31/h4-13,16H,3,14-15,17-18H2,1-2H3,(H,28,31)(H,32,33). The molecule has 0 aliphatic heterocycles. The molecule has 0 bridgehead atoms. The molecule has 0 unspecified atom stereocenters. The van der Waals surface area contributed by atoms with Crippen molar-refractivity contribution in [3.63, 3.8) is 0 Å². The van der Waals surface area contributed by atoms with E-state index in [-0.39, 0.29) is 12.3 Å². The highest BCUT2D eigenvalue weighted by atomic mass is 16.4. The van der Waals surface area contributed by atoms with Gasteiger partial charge in [-0.2, -0.15) is 0 Å². The minimum atomic E-state index is -0.803. The van der Waals surface area contributed by atoms with Crippen LogP contribution in [-0.4, -0.2) is 33.0 Å². The fourth-order valence-electron chi connectivity index (χ4n) is 4.42. The van der Waals surface area contributed by atoms with Crippen molar-refractivity contribution in [3.8, 4) is 0 Å². The predicted molar refractivity (Wildman–Crippen MR) is 132 cm³/mol. The Balaban J connectivity index is 1.59. The number of fused-ring (bicyclic) bond motifs is 3. The quantitative estimate of drug-likeness (QED) is 0.371. The van der Waals surface area contributed by atoms with Crippen LogP contribution >= 0.6 is 0 Å². The van der Waals surface area contributed by atoms with E-state index in [9.17, 15) is 14.7 Å². The maximum absolute atomic E-state index is 11.2. The average Bonchev–Trinajstić information content (AvgIpc) is 3.11. The summed E-state index contributed by atoms with van der Waals surface area (Å²) in [7, 11) is 0. The fourth-order valence-corrected chi connectivity index (χ4v) is 4.42. The second kappa shape index (κ2) is 9.88. The van der Waals surface area contributed by atoms with Gasteiger partial charge in [-0.25, -0.2) is 0 Å². The third kappa shape index (κ3) is 5.23. The largest absolute Gasteiger partial charge is 0.481 e. The molecule has 0 saturated heterocycles. The molecule has 2 N–H and O–H groups in total. The molecule has 1 amide bonds. The number of para-hydroxylation sites is 1. The van der Waals surface area contributed by atoms with E-state index in [1.807, 2.05) is 24.3 Å². The molecule has 0 spiro atoms. The fraction of sp³-hybridized carbons (Fsp3) is 0.259. The lowest BCUT2D eigenvalue weighted by atomic mass is 10.1. The topological polar surface area (TPSA) is 74.6 Å². The number of carbonyl (C=O) groups is 2. The van der Waals surface area contributed by atoms with Crippen LogP contribution in [0.2, 0.25) is 0 Å². The number of amides is 1. The van der Waals surface area contributed by atoms with Crippen LogP contribution in [0, 0.1) is 0 Å². The van der Waals surface area contributed by atoms with Gasteiger partial charge in [0, 0.05) is 60.6 Å². The normalized spacial score (nSPS) is 11.4. The Morgan fingerprint density at radius 3 is 2.27 bits per heavy atom. The van der Waals surface area contributed by atoms with Crippen molar-refractivity contribution in [1.82, 2.24) is 9.47 Å². The van der Waals surface area contributed by atoms with Crippen LogP contribution in [0.5, 0.6) is 0 Å². The Hall–Kier alpha value is -3.64. The molecular formula is C27H29N3O3. The number of aryl methyl sites for hydroxylation is 1. The van der Waals surface area contributed by atoms with Crippen LogP contribution in [0.1, 0.15) is 31.4 Å². The molecule has 6 nitrogen and oxygen atoms in total. The van der Waals surface area contributed by atoms with Crippen molar-refractivity contribution in [2.45, 2.75) is 39.9 Å². The summed E-state index contributed by atoms with van der Waals surface area (Å²) in [6, 6.07) is 22.7. The Labute approximate surface area is 193 Å². The highest BCUT2D eigenvalue weighted by Crippen LogP contribution is 2.30. The minimum Gasteiger partial charge on any atom is -0.481 e. The molecule has 1 heterocycles. The van der Waals surface area contributed by atoms with E-state index in [0.29, 0.717) is 19.6 Å². The summed E-state index contributed by atoms with van der Waals surface area (Å²) in [4.78, 5) is 24.6. The van der Waals surface area contributed by atoms with Crippen molar-refractivity contribution >= 4 is 39.4 Å². The number of nitrogens with zero attached hydrogens (tertiary/aromatic N) is 2. The molecule has 170 valence electrons. The number of rotatable bonds is 9. The molecule has 0 aliphatic rings. The molecule has 6 heteroatoms. The van der Waals surface area contributed by atoms with Crippen LogP contribution in [0.4, 0.5) is 5.69 Å². The van der Waals surface area contributed by atoms with Crippen LogP contribution < -0.4 is 5.32 Å². The Kier molecular flexibility index (Phi) is 6.75. The van der Waals surface area contributed by atoms with Crippen molar-refractivity contribution < 1.29 is 14.7 Å². The van der Waals surface area contributed by atoms with Gasteiger partial charge in [-0.3, -0.25) is 14.5 Å².